The molecule has 0 bridgehead atoms. The van der Waals surface area contributed by atoms with Gasteiger partial charge in [0.15, 0.2) is 10.8 Å². The summed E-state index contributed by atoms with van der Waals surface area (Å²) in [5.74, 6) is -2.05. The van der Waals surface area contributed by atoms with Gasteiger partial charge in [0.25, 0.3) is 11.8 Å². The number of thioether (sulfide) groups is 1. The Morgan fingerprint density at radius 1 is 1.46 bits per heavy atom. The van der Waals surface area contributed by atoms with Crippen molar-refractivity contribution in [3.8, 4) is 0 Å². The zero-order valence-corrected chi connectivity index (χ0v) is 20.9. The number of anilines is 1. The average molecular weight is 548 g/mol. The number of oxime groups is 1. The van der Waals surface area contributed by atoms with Crippen molar-refractivity contribution in [3.63, 3.8) is 0 Å². The number of nitrogens with one attached hydrogen (secondary N) is 1. The van der Waals surface area contributed by atoms with Crippen molar-refractivity contribution in [2.75, 3.05) is 18.1 Å². The second-order valence-electron chi connectivity index (χ2n) is 6.73. The largest absolute Gasteiger partial charge is 0.511 e. The Balaban J connectivity index is 0.00000432. The zero-order valence-electron chi connectivity index (χ0n) is 18.5. The Morgan fingerprint density at radius 2 is 2.17 bits per heavy atom. The molecule has 35 heavy (non-hydrogen) atoms. The van der Waals surface area contributed by atoms with Crippen molar-refractivity contribution in [3.05, 3.63) is 35.0 Å². The highest BCUT2D eigenvalue weighted by Gasteiger charge is 2.54. The molecule has 3 rings (SSSR count). The Morgan fingerprint density at radius 3 is 2.74 bits per heavy atom. The number of esters is 1. The lowest BCUT2D eigenvalue weighted by Gasteiger charge is -2.49. The summed E-state index contributed by atoms with van der Waals surface area (Å²) in [6, 6.07) is -1.01. The van der Waals surface area contributed by atoms with E-state index in [1.54, 1.807) is 6.92 Å². The number of hydrogen-bond acceptors (Lipinski definition) is 13. The molecule has 13 nitrogen and oxygen atoms in total. The molecule has 0 aromatic carbocycles. The van der Waals surface area contributed by atoms with Gasteiger partial charge in [-0.25, -0.2) is 14.6 Å². The molecular formula is C19H22ClN5O8S2. The van der Waals surface area contributed by atoms with Gasteiger partial charge in [0.2, 0.25) is 6.29 Å². The molecule has 16 heteroatoms. The number of carbonyl (C=O) groups is 4. The number of β-lactam (4-membered cyclic amide) rings is 1. The number of aromatic nitrogens is 1. The normalized spacial score (nSPS) is 20.0. The fourth-order valence-electron chi connectivity index (χ4n) is 3.13. The average Bonchev–Trinajstić information content (AvgIpc) is 3.22. The molecule has 2 amide bonds. The monoisotopic (exact) mass is 547 g/mol. The van der Waals surface area contributed by atoms with E-state index >= 15 is 0 Å². The van der Waals surface area contributed by atoms with E-state index in [4.69, 9.17) is 15.2 Å². The van der Waals surface area contributed by atoms with Crippen LogP contribution in [0.4, 0.5) is 9.93 Å². The fourth-order valence-corrected chi connectivity index (χ4v) is 5.01. The molecule has 2 unspecified atom stereocenters. The highest BCUT2D eigenvalue weighted by Crippen LogP contribution is 2.41. The van der Waals surface area contributed by atoms with Gasteiger partial charge in [-0.1, -0.05) is 17.8 Å². The molecule has 2 aliphatic rings. The quantitative estimate of drug-likeness (QED) is 0.106. The number of thiazole rings is 1. The first-order chi connectivity index (χ1) is 16.2. The maximum absolute atomic E-state index is 12.9. The summed E-state index contributed by atoms with van der Waals surface area (Å²) in [6.07, 6.45) is -0.873. The maximum Gasteiger partial charge on any atom is 0.511 e. The van der Waals surface area contributed by atoms with E-state index in [9.17, 15) is 24.4 Å². The van der Waals surface area contributed by atoms with Crippen LogP contribution in [-0.4, -0.2) is 74.8 Å². The number of rotatable bonds is 8. The third kappa shape index (κ3) is 5.86. The smallest absolute Gasteiger partial charge is 0.435 e. The van der Waals surface area contributed by atoms with Gasteiger partial charge < -0.3 is 30.5 Å². The number of fused-ring (bicyclic) bond motifs is 1. The number of nitrogens with two attached hydrogens (primary N) is 1. The van der Waals surface area contributed by atoms with Crippen LogP contribution < -0.4 is 11.1 Å². The van der Waals surface area contributed by atoms with E-state index < -0.39 is 47.4 Å². The Bertz CT molecular complexity index is 1090. The Kier molecular flexibility index (Phi) is 9.50. The minimum absolute atomic E-state index is 0. The second-order valence-corrected chi connectivity index (χ2v) is 8.73. The van der Waals surface area contributed by atoms with Gasteiger partial charge in [-0.3, -0.25) is 14.5 Å². The van der Waals surface area contributed by atoms with Gasteiger partial charge in [0.05, 0.1) is 6.61 Å². The van der Waals surface area contributed by atoms with Crippen LogP contribution in [0.2, 0.25) is 0 Å². The minimum Gasteiger partial charge on any atom is -0.435 e. The summed E-state index contributed by atoms with van der Waals surface area (Å²) in [5.41, 5.74) is 5.55. The number of nitrogen functional groups attached to an aromatic ring is 1. The zero-order chi connectivity index (χ0) is 25.0. The SMILES string of the molecule is C=CC1=C(C(=O)OC(C)OC(=O)OCC)N2C(=O)C(NC(=O)C(=NO)c3csc(N)n3)[C@@H]2SC1.Cl. The molecule has 3 heterocycles. The van der Waals surface area contributed by atoms with Crippen molar-refractivity contribution in [2.45, 2.75) is 31.6 Å². The standard InChI is InChI=1S/C19H21N5O8S2.ClH/c1-4-9-6-33-16-12(22-14(25)11(23-29)10-7-34-18(20)21-10)15(26)24(16)13(9)17(27)31-8(3)32-19(28)30-5-2;/h4,7-8,12,16,29H,1,5-6H2,2-3H3,(H2,20,21)(H,22,25);1H/t8?,12?,16-;/m0./s1. The van der Waals surface area contributed by atoms with Crippen molar-refractivity contribution in [1.29, 1.82) is 0 Å². The van der Waals surface area contributed by atoms with Gasteiger partial charge in [-0.2, -0.15) is 0 Å². The van der Waals surface area contributed by atoms with Crippen molar-refractivity contribution in [2.24, 2.45) is 5.16 Å². The predicted octanol–water partition coefficient (Wildman–Crippen LogP) is 1.23. The molecular weight excluding hydrogens is 526 g/mol. The van der Waals surface area contributed by atoms with Gasteiger partial charge in [-0.05, 0) is 12.5 Å². The molecule has 0 spiro atoms. The summed E-state index contributed by atoms with van der Waals surface area (Å²) >= 11 is 2.34. The lowest BCUT2D eigenvalue weighted by Crippen LogP contribution is -2.71. The lowest BCUT2D eigenvalue weighted by atomic mass is 10.0. The molecule has 190 valence electrons. The molecule has 1 aromatic heterocycles. The fraction of sp³-hybridized carbons (Fsp3) is 0.368. The molecule has 1 saturated heterocycles. The van der Waals surface area contributed by atoms with Gasteiger partial charge in [-0.15, -0.1) is 35.5 Å². The minimum atomic E-state index is -1.28. The molecule has 3 atom stereocenters. The molecule has 1 fully saturated rings. The number of ether oxygens (including phenoxy) is 3. The molecule has 0 saturated carbocycles. The first-order valence-electron chi connectivity index (χ1n) is 9.80. The highest BCUT2D eigenvalue weighted by atomic mass is 35.5. The first-order valence-corrected chi connectivity index (χ1v) is 11.7. The summed E-state index contributed by atoms with van der Waals surface area (Å²) in [7, 11) is 0. The second kappa shape index (κ2) is 11.9. The summed E-state index contributed by atoms with van der Waals surface area (Å²) < 4.78 is 14.6. The molecule has 4 N–H and O–H groups in total. The predicted molar refractivity (Wildman–Crippen MR) is 128 cm³/mol. The molecule has 2 aliphatic heterocycles. The number of hydrogen-bond donors (Lipinski definition) is 3. The molecule has 0 radical (unpaired) electrons. The van der Waals surface area contributed by atoms with E-state index in [1.807, 2.05) is 0 Å². The summed E-state index contributed by atoms with van der Waals surface area (Å²) in [5, 5.41) is 15.7. The van der Waals surface area contributed by atoms with Crippen LogP contribution in [0, 0.1) is 0 Å². The topological polar surface area (TPSA) is 183 Å². The Labute approximate surface area is 213 Å². The van der Waals surface area contributed by atoms with E-state index in [1.165, 1.54) is 35.0 Å². The molecule has 1 aromatic rings. The van der Waals surface area contributed by atoms with Crippen molar-refractivity contribution in [1.82, 2.24) is 15.2 Å². The van der Waals surface area contributed by atoms with Gasteiger partial charge in [0.1, 0.15) is 22.8 Å². The third-order valence-electron chi connectivity index (χ3n) is 4.60. The number of halogens is 1. The van der Waals surface area contributed by atoms with Crippen LogP contribution in [0.15, 0.2) is 34.5 Å². The summed E-state index contributed by atoms with van der Waals surface area (Å²) in [6.45, 7) is 6.65. The number of carbonyl (C=O) groups excluding carboxylic acids is 4. The number of allylic oxidation sites excluding steroid dienone is 1. The Hall–Kier alpha value is -3.30. The van der Waals surface area contributed by atoms with Crippen molar-refractivity contribution < 1.29 is 38.6 Å². The number of nitrogens with zero attached hydrogens (tertiary/aromatic N) is 3. The molecule has 0 aliphatic carbocycles. The summed E-state index contributed by atoms with van der Waals surface area (Å²) in [4.78, 5) is 54.8. The maximum atomic E-state index is 12.9. The van der Waals surface area contributed by atoms with Crippen molar-refractivity contribution >= 4 is 70.3 Å². The highest BCUT2D eigenvalue weighted by molar-refractivity contribution is 8.00. The van der Waals surface area contributed by atoms with Crippen LogP contribution >= 0.6 is 35.5 Å². The van der Waals surface area contributed by atoms with E-state index in [0.29, 0.717) is 11.3 Å². The number of amides is 2. The van der Waals surface area contributed by atoms with Crippen LogP contribution in [0.1, 0.15) is 19.5 Å². The van der Waals surface area contributed by atoms with Crippen LogP contribution in [-0.2, 0) is 28.6 Å². The van der Waals surface area contributed by atoms with E-state index in [0.717, 1.165) is 11.3 Å². The van der Waals surface area contributed by atoms with Crippen LogP contribution in [0.3, 0.4) is 0 Å². The third-order valence-corrected chi connectivity index (χ3v) is 6.58. The van der Waals surface area contributed by atoms with Gasteiger partial charge in [0, 0.05) is 18.1 Å². The van der Waals surface area contributed by atoms with Crippen LogP contribution in [0.5, 0.6) is 0 Å². The van der Waals surface area contributed by atoms with E-state index in [-0.39, 0.29) is 35.5 Å². The first kappa shape index (κ1) is 27.9. The van der Waals surface area contributed by atoms with E-state index in [2.05, 4.69) is 26.8 Å². The van der Waals surface area contributed by atoms with Gasteiger partial charge >= 0.3 is 12.1 Å². The lowest BCUT2D eigenvalue weighted by molar-refractivity contribution is -0.168. The van der Waals surface area contributed by atoms with Crippen LogP contribution in [0.25, 0.3) is 0 Å².